The minimum absolute atomic E-state index is 0.0311. The highest BCUT2D eigenvalue weighted by Gasteiger charge is 2.53. The number of hydrogen-bond acceptors (Lipinski definition) is 2. The minimum Gasteiger partial charge on any atom is -0.350 e. The maximum atomic E-state index is 13.3. The fourth-order valence-corrected chi connectivity index (χ4v) is 3.92. The van der Waals surface area contributed by atoms with Crippen LogP contribution in [-0.2, 0) is 21.4 Å². The van der Waals surface area contributed by atoms with Crippen LogP contribution < -0.4 is 5.32 Å². The van der Waals surface area contributed by atoms with Gasteiger partial charge in [-0.25, -0.2) is 0 Å². The largest absolute Gasteiger partial charge is 0.350 e. The van der Waals surface area contributed by atoms with E-state index < -0.39 is 5.41 Å². The molecule has 1 saturated heterocycles. The smallest absolute Gasteiger partial charge is 0.239 e. The van der Waals surface area contributed by atoms with Gasteiger partial charge in [-0.3, -0.25) is 9.59 Å². The molecule has 2 aromatic carbocycles. The van der Waals surface area contributed by atoms with Gasteiger partial charge in [0.25, 0.3) is 0 Å². The van der Waals surface area contributed by atoms with Crippen molar-refractivity contribution in [2.24, 2.45) is 0 Å². The van der Waals surface area contributed by atoms with Crippen LogP contribution in [0, 0.1) is 6.92 Å². The van der Waals surface area contributed by atoms with Gasteiger partial charge in [-0.05, 0) is 37.3 Å². The molecule has 4 heteroatoms. The highest BCUT2D eigenvalue weighted by molar-refractivity contribution is 5.94. The van der Waals surface area contributed by atoms with Crippen molar-refractivity contribution in [3.63, 3.8) is 0 Å². The molecule has 1 atom stereocenters. The molecule has 0 bridgehead atoms. The average molecular weight is 348 g/mol. The summed E-state index contributed by atoms with van der Waals surface area (Å²) in [4.78, 5) is 27.2. The highest BCUT2D eigenvalue weighted by atomic mass is 16.2. The first-order chi connectivity index (χ1) is 12.6. The summed E-state index contributed by atoms with van der Waals surface area (Å²) in [6.07, 6.45) is 2.49. The molecule has 0 aromatic heterocycles. The predicted molar refractivity (Wildman–Crippen MR) is 101 cm³/mol. The fraction of sp³-hybridized carbons (Fsp3) is 0.364. The third-order valence-electron chi connectivity index (χ3n) is 5.52. The van der Waals surface area contributed by atoms with Crippen molar-refractivity contribution in [1.29, 1.82) is 0 Å². The van der Waals surface area contributed by atoms with Gasteiger partial charge in [-0.1, -0.05) is 60.2 Å². The van der Waals surface area contributed by atoms with Crippen LogP contribution in [0.1, 0.15) is 29.5 Å². The molecular weight excluding hydrogens is 324 g/mol. The van der Waals surface area contributed by atoms with E-state index in [0.717, 1.165) is 24.8 Å². The van der Waals surface area contributed by atoms with Crippen molar-refractivity contribution in [2.45, 2.75) is 37.6 Å². The van der Waals surface area contributed by atoms with E-state index in [1.54, 1.807) is 4.90 Å². The maximum Gasteiger partial charge on any atom is 0.239 e. The zero-order chi connectivity index (χ0) is 18.1. The number of carbonyl (C=O) groups excluding carboxylic acids is 2. The Morgan fingerprint density at radius 2 is 1.81 bits per heavy atom. The lowest BCUT2D eigenvalue weighted by Gasteiger charge is -2.35. The molecule has 4 rings (SSSR count). The van der Waals surface area contributed by atoms with Gasteiger partial charge >= 0.3 is 0 Å². The van der Waals surface area contributed by atoms with Gasteiger partial charge in [0.1, 0.15) is 0 Å². The molecule has 0 unspecified atom stereocenters. The molecule has 1 aliphatic heterocycles. The van der Waals surface area contributed by atoms with E-state index in [0.29, 0.717) is 6.54 Å². The highest BCUT2D eigenvalue weighted by Crippen LogP contribution is 2.49. The van der Waals surface area contributed by atoms with E-state index in [1.165, 1.54) is 11.1 Å². The molecule has 1 aliphatic carbocycles. The third-order valence-corrected chi connectivity index (χ3v) is 5.52. The normalized spacial score (nSPS) is 21.2. The van der Waals surface area contributed by atoms with E-state index in [-0.39, 0.29) is 24.4 Å². The molecule has 134 valence electrons. The topological polar surface area (TPSA) is 49.4 Å². The Kier molecular flexibility index (Phi) is 4.27. The lowest BCUT2D eigenvalue weighted by atomic mass is 9.92. The van der Waals surface area contributed by atoms with Crippen LogP contribution in [0.3, 0.4) is 0 Å². The second-order valence-electron chi connectivity index (χ2n) is 7.59. The number of benzene rings is 2. The van der Waals surface area contributed by atoms with Gasteiger partial charge in [0.05, 0.1) is 18.0 Å². The predicted octanol–water partition coefficient (Wildman–Crippen LogP) is 2.60. The van der Waals surface area contributed by atoms with E-state index in [4.69, 9.17) is 0 Å². The Morgan fingerprint density at radius 3 is 2.46 bits per heavy atom. The maximum absolute atomic E-state index is 13.3. The number of hydrogen-bond donors (Lipinski definition) is 1. The zero-order valence-electron chi connectivity index (χ0n) is 15.1. The Balaban J connectivity index is 1.50. The quantitative estimate of drug-likeness (QED) is 0.923. The zero-order valence-corrected chi connectivity index (χ0v) is 15.1. The molecule has 1 N–H and O–H groups in total. The van der Waals surface area contributed by atoms with Crippen LogP contribution in [0.2, 0.25) is 0 Å². The summed E-state index contributed by atoms with van der Waals surface area (Å²) < 4.78 is 0. The molecule has 4 nitrogen and oxygen atoms in total. The standard InChI is InChI=1S/C22H24N2O2/c1-16-7-9-18(10-8-16)22(11-12-22)21(26)24-14-19(23-20(25)15-24)13-17-5-3-2-4-6-17/h2-10,19H,11-15H2,1H3,(H,23,25)/t19-/m0/s1. The van der Waals surface area contributed by atoms with Gasteiger partial charge in [-0.2, -0.15) is 0 Å². The van der Waals surface area contributed by atoms with E-state index in [9.17, 15) is 9.59 Å². The van der Waals surface area contributed by atoms with Crippen LogP contribution in [-0.4, -0.2) is 35.8 Å². The van der Waals surface area contributed by atoms with E-state index >= 15 is 0 Å². The fourth-order valence-electron chi connectivity index (χ4n) is 3.92. The Morgan fingerprint density at radius 1 is 1.12 bits per heavy atom. The van der Waals surface area contributed by atoms with Gasteiger partial charge in [0.2, 0.25) is 11.8 Å². The summed E-state index contributed by atoms with van der Waals surface area (Å²) in [5, 5.41) is 3.04. The lowest BCUT2D eigenvalue weighted by molar-refractivity contribution is -0.141. The van der Waals surface area contributed by atoms with Gasteiger partial charge < -0.3 is 10.2 Å². The Labute approximate surface area is 154 Å². The van der Waals surface area contributed by atoms with E-state index in [1.807, 2.05) is 25.1 Å². The van der Waals surface area contributed by atoms with Crippen LogP contribution in [0.25, 0.3) is 0 Å². The van der Waals surface area contributed by atoms with Gasteiger partial charge in [0, 0.05) is 6.54 Å². The molecule has 0 radical (unpaired) electrons. The van der Waals surface area contributed by atoms with Gasteiger partial charge in [0.15, 0.2) is 0 Å². The van der Waals surface area contributed by atoms with Crippen molar-refractivity contribution in [1.82, 2.24) is 10.2 Å². The summed E-state index contributed by atoms with van der Waals surface area (Å²) in [5.74, 6) is 0.0412. The van der Waals surface area contributed by atoms with Crippen molar-refractivity contribution >= 4 is 11.8 Å². The van der Waals surface area contributed by atoms with Crippen molar-refractivity contribution < 1.29 is 9.59 Å². The number of nitrogens with zero attached hydrogens (tertiary/aromatic N) is 1. The first-order valence-electron chi connectivity index (χ1n) is 9.27. The summed E-state index contributed by atoms with van der Waals surface area (Å²) in [6.45, 7) is 2.79. The summed E-state index contributed by atoms with van der Waals surface area (Å²) >= 11 is 0. The molecule has 2 fully saturated rings. The van der Waals surface area contributed by atoms with Crippen molar-refractivity contribution in [2.75, 3.05) is 13.1 Å². The number of rotatable bonds is 4. The molecule has 0 spiro atoms. The van der Waals surface area contributed by atoms with Crippen LogP contribution in [0.15, 0.2) is 54.6 Å². The molecule has 2 aromatic rings. The summed E-state index contributed by atoms with van der Waals surface area (Å²) in [6, 6.07) is 18.3. The lowest BCUT2D eigenvalue weighted by Crippen LogP contribution is -2.58. The average Bonchev–Trinajstić information content (AvgIpc) is 3.44. The summed E-state index contributed by atoms with van der Waals surface area (Å²) in [5.41, 5.74) is 3.03. The number of nitrogens with one attached hydrogen (secondary N) is 1. The van der Waals surface area contributed by atoms with Crippen LogP contribution >= 0.6 is 0 Å². The van der Waals surface area contributed by atoms with Crippen LogP contribution in [0.4, 0.5) is 0 Å². The monoisotopic (exact) mass is 348 g/mol. The molecular formula is C22H24N2O2. The first kappa shape index (κ1) is 16.8. The molecule has 26 heavy (non-hydrogen) atoms. The SMILES string of the molecule is Cc1ccc(C2(C(=O)N3CC(=O)N[C@@H](Cc4ccccc4)C3)CC2)cc1. The molecule has 1 heterocycles. The van der Waals surface area contributed by atoms with Gasteiger partial charge in [-0.15, -0.1) is 0 Å². The van der Waals surface area contributed by atoms with Crippen molar-refractivity contribution in [3.05, 3.63) is 71.3 Å². The number of aryl methyl sites for hydroxylation is 1. The molecule has 2 aliphatic rings. The Bertz CT molecular complexity index is 810. The second-order valence-corrected chi connectivity index (χ2v) is 7.59. The second kappa shape index (κ2) is 6.60. The Hall–Kier alpha value is -2.62. The van der Waals surface area contributed by atoms with Crippen LogP contribution in [0.5, 0.6) is 0 Å². The molecule has 1 saturated carbocycles. The number of carbonyl (C=O) groups is 2. The number of amides is 2. The van der Waals surface area contributed by atoms with E-state index in [2.05, 4.69) is 41.7 Å². The third kappa shape index (κ3) is 3.24. The molecule has 2 amide bonds. The number of piperazine rings is 1. The summed E-state index contributed by atoms with van der Waals surface area (Å²) in [7, 11) is 0. The minimum atomic E-state index is -0.414. The van der Waals surface area contributed by atoms with Crippen molar-refractivity contribution in [3.8, 4) is 0 Å². The first-order valence-corrected chi connectivity index (χ1v) is 9.27.